The molecule has 0 unspecified atom stereocenters. The summed E-state index contributed by atoms with van der Waals surface area (Å²) < 4.78 is 44.4. The third kappa shape index (κ3) is 4.94. The van der Waals surface area contributed by atoms with Gasteiger partial charge in [0.2, 0.25) is 0 Å². The van der Waals surface area contributed by atoms with Gasteiger partial charge in [0, 0.05) is 18.7 Å². The fourth-order valence-corrected chi connectivity index (χ4v) is 5.50. The summed E-state index contributed by atoms with van der Waals surface area (Å²) >= 11 is 0. The van der Waals surface area contributed by atoms with Crippen LogP contribution < -0.4 is 4.74 Å². The van der Waals surface area contributed by atoms with Crippen molar-refractivity contribution in [2.45, 2.75) is 11.7 Å². The maximum absolute atomic E-state index is 13.1. The number of carbonyl (C=O) groups excluding carboxylic acids is 1. The molecule has 1 fully saturated rings. The molecule has 4 rings (SSSR count). The molecule has 1 aliphatic heterocycles. The number of sulfone groups is 1. The summed E-state index contributed by atoms with van der Waals surface area (Å²) in [5.74, 6) is 0.221. The van der Waals surface area contributed by atoms with Gasteiger partial charge in [-0.15, -0.1) is 0 Å². The molecule has 160 valence electrons. The van der Waals surface area contributed by atoms with Crippen LogP contribution in [-0.4, -0.2) is 38.1 Å². The number of ether oxygens (including phenoxy) is 1. The van der Waals surface area contributed by atoms with Crippen LogP contribution in [0.2, 0.25) is 0 Å². The van der Waals surface area contributed by atoms with E-state index in [2.05, 4.69) is 0 Å². The van der Waals surface area contributed by atoms with Crippen molar-refractivity contribution < 1.29 is 22.3 Å². The molecule has 0 bridgehead atoms. The van der Waals surface area contributed by atoms with Gasteiger partial charge in [-0.1, -0.05) is 36.4 Å². The standard InChI is InChI=1S/C24H22FNO4S/c25-20-9-11-21(12-10-20)30-22-8-4-7-19(17-22)24(27)26-14-13-23(31(28,29)16-15-26)18-5-2-1-3-6-18/h1-12,17,23H,13-16H2/t23-/m1/s1. The Kier molecular flexibility index (Phi) is 6.04. The van der Waals surface area contributed by atoms with Crippen LogP contribution in [0.1, 0.15) is 27.6 Å². The number of carbonyl (C=O) groups is 1. The largest absolute Gasteiger partial charge is 0.457 e. The van der Waals surface area contributed by atoms with E-state index in [-0.39, 0.29) is 24.0 Å². The van der Waals surface area contributed by atoms with Crippen molar-refractivity contribution in [3.8, 4) is 11.5 Å². The van der Waals surface area contributed by atoms with Gasteiger partial charge in [0.05, 0.1) is 11.0 Å². The van der Waals surface area contributed by atoms with E-state index in [9.17, 15) is 17.6 Å². The highest BCUT2D eigenvalue weighted by Crippen LogP contribution is 2.30. The van der Waals surface area contributed by atoms with Gasteiger partial charge in [-0.25, -0.2) is 12.8 Å². The molecular formula is C24H22FNO4S. The molecule has 0 radical (unpaired) electrons. The van der Waals surface area contributed by atoms with Crippen molar-refractivity contribution >= 4 is 15.7 Å². The Hall–Kier alpha value is -3.19. The third-order valence-electron chi connectivity index (χ3n) is 5.33. The van der Waals surface area contributed by atoms with E-state index in [1.807, 2.05) is 30.3 Å². The molecule has 1 saturated heterocycles. The smallest absolute Gasteiger partial charge is 0.254 e. The van der Waals surface area contributed by atoms with Crippen LogP contribution in [0.5, 0.6) is 11.5 Å². The van der Waals surface area contributed by atoms with Crippen molar-refractivity contribution in [1.29, 1.82) is 0 Å². The lowest BCUT2D eigenvalue weighted by Crippen LogP contribution is -2.33. The number of benzene rings is 3. The molecular weight excluding hydrogens is 417 g/mol. The van der Waals surface area contributed by atoms with Gasteiger partial charge in [-0.3, -0.25) is 4.79 Å². The number of rotatable bonds is 4. The Labute approximate surface area is 181 Å². The first-order valence-corrected chi connectivity index (χ1v) is 11.7. The molecule has 0 aliphatic carbocycles. The van der Waals surface area contributed by atoms with Crippen LogP contribution >= 0.6 is 0 Å². The first kappa shape index (κ1) is 21.1. The normalized spacial score (nSPS) is 18.2. The van der Waals surface area contributed by atoms with Gasteiger partial charge in [0.15, 0.2) is 9.84 Å². The van der Waals surface area contributed by atoms with Gasteiger partial charge in [-0.05, 0) is 54.4 Å². The Morgan fingerprint density at radius 1 is 0.903 bits per heavy atom. The summed E-state index contributed by atoms with van der Waals surface area (Å²) in [7, 11) is -3.36. The topological polar surface area (TPSA) is 63.7 Å². The van der Waals surface area contributed by atoms with Crippen molar-refractivity contribution in [3.63, 3.8) is 0 Å². The van der Waals surface area contributed by atoms with Gasteiger partial charge in [0.25, 0.3) is 5.91 Å². The number of hydrogen-bond acceptors (Lipinski definition) is 4. The Morgan fingerprint density at radius 3 is 2.39 bits per heavy atom. The molecule has 3 aromatic carbocycles. The minimum atomic E-state index is -3.36. The van der Waals surface area contributed by atoms with Crippen LogP contribution in [0.4, 0.5) is 4.39 Å². The predicted molar refractivity (Wildman–Crippen MR) is 116 cm³/mol. The average Bonchev–Trinajstić information content (AvgIpc) is 2.93. The molecule has 1 atom stereocenters. The van der Waals surface area contributed by atoms with E-state index in [0.29, 0.717) is 30.0 Å². The van der Waals surface area contributed by atoms with E-state index in [1.54, 1.807) is 29.2 Å². The number of nitrogens with zero attached hydrogens (tertiary/aromatic N) is 1. The molecule has 1 aliphatic rings. The molecule has 0 N–H and O–H groups in total. The monoisotopic (exact) mass is 439 g/mol. The summed E-state index contributed by atoms with van der Waals surface area (Å²) in [6.07, 6.45) is 0.351. The Morgan fingerprint density at radius 2 is 1.65 bits per heavy atom. The SMILES string of the molecule is O=C(c1cccc(Oc2ccc(F)cc2)c1)N1CC[C@H](c2ccccc2)S(=O)(=O)CC1. The number of amides is 1. The first-order chi connectivity index (χ1) is 14.9. The summed E-state index contributed by atoms with van der Waals surface area (Å²) in [5, 5.41) is -0.611. The van der Waals surface area contributed by atoms with Gasteiger partial charge < -0.3 is 9.64 Å². The molecule has 7 heteroatoms. The second-order valence-corrected chi connectivity index (χ2v) is 9.73. The highest BCUT2D eigenvalue weighted by Gasteiger charge is 2.32. The summed E-state index contributed by atoms with van der Waals surface area (Å²) in [5.41, 5.74) is 1.17. The maximum Gasteiger partial charge on any atom is 0.254 e. The Bertz CT molecular complexity index is 1160. The van der Waals surface area contributed by atoms with Crippen molar-refractivity contribution in [1.82, 2.24) is 4.90 Å². The zero-order valence-corrected chi connectivity index (χ0v) is 17.6. The second kappa shape index (κ2) is 8.89. The molecule has 1 heterocycles. The van der Waals surface area contributed by atoms with Crippen LogP contribution in [-0.2, 0) is 9.84 Å². The quantitative estimate of drug-likeness (QED) is 0.595. The zero-order chi connectivity index (χ0) is 21.8. The number of halogens is 1. The van der Waals surface area contributed by atoms with Crippen molar-refractivity contribution in [2.24, 2.45) is 0 Å². The molecule has 0 saturated carbocycles. The van der Waals surface area contributed by atoms with Crippen LogP contribution in [0, 0.1) is 5.82 Å². The Balaban J connectivity index is 1.50. The lowest BCUT2D eigenvalue weighted by atomic mass is 10.1. The van der Waals surface area contributed by atoms with E-state index < -0.39 is 15.1 Å². The van der Waals surface area contributed by atoms with Crippen LogP contribution in [0.3, 0.4) is 0 Å². The molecule has 3 aromatic rings. The molecule has 0 aromatic heterocycles. The first-order valence-electron chi connectivity index (χ1n) is 10.0. The van der Waals surface area contributed by atoms with E-state index in [4.69, 9.17) is 4.74 Å². The highest BCUT2D eigenvalue weighted by molar-refractivity contribution is 7.91. The van der Waals surface area contributed by atoms with Crippen molar-refractivity contribution in [3.05, 3.63) is 95.8 Å². The lowest BCUT2D eigenvalue weighted by Gasteiger charge is -2.20. The highest BCUT2D eigenvalue weighted by atomic mass is 32.2. The van der Waals surface area contributed by atoms with Gasteiger partial charge in [-0.2, -0.15) is 0 Å². The average molecular weight is 440 g/mol. The van der Waals surface area contributed by atoms with E-state index in [0.717, 1.165) is 5.56 Å². The zero-order valence-electron chi connectivity index (χ0n) is 16.8. The summed E-state index contributed by atoms with van der Waals surface area (Å²) in [6.45, 7) is 0.494. The fraction of sp³-hybridized carbons (Fsp3) is 0.208. The van der Waals surface area contributed by atoms with E-state index in [1.165, 1.54) is 24.3 Å². The molecule has 31 heavy (non-hydrogen) atoms. The van der Waals surface area contributed by atoms with E-state index >= 15 is 0 Å². The minimum absolute atomic E-state index is 0.0793. The minimum Gasteiger partial charge on any atom is -0.457 e. The molecule has 1 amide bonds. The predicted octanol–water partition coefficient (Wildman–Crippen LogP) is 4.62. The van der Waals surface area contributed by atoms with Crippen molar-refractivity contribution in [2.75, 3.05) is 18.8 Å². The molecule has 0 spiro atoms. The lowest BCUT2D eigenvalue weighted by molar-refractivity contribution is 0.0766. The van der Waals surface area contributed by atoms with Gasteiger partial charge >= 0.3 is 0 Å². The fourth-order valence-electron chi connectivity index (χ4n) is 3.70. The second-order valence-electron chi connectivity index (χ2n) is 7.43. The van der Waals surface area contributed by atoms with Crippen LogP contribution in [0.25, 0.3) is 0 Å². The number of hydrogen-bond donors (Lipinski definition) is 0. The molecule has 5 nitrogen and oxygen atoms in total. The van der Waals surface area contributed by atoms with Crippen LogP contribution in [0.15, 0.2) is 78.9 Å². The van der Waals surface area contributed by atoms with Gasteiger partial charge in [0.1, 0.15) is 17.3 Å². The third-order valence-corrected chi connectivity index (χ3v) is 7.46. The maximum atomic E-state index is 13.1. The summed E-state index contributed by atoms with van der Waals surface area (Å²) in [4.78, 5) is 14.7. The summed E-state index contributed by atoms with van der Waals surface area (Å²) in [6, 6.07) is 21.4.